The number of benzene rings is 10. The second-order valence-corrected chi connectivity index (χ2v) is 35.5. The molecule has 3 heterocycles. The molecular weight excluding hydrogens is 1980 g/mol. The zero-order valence-corrected chi connectivity index (χ0v) is 87.0. The van der Waals surface area contributed by atoms with Gasteiger partial charge in [-0.2, -0.15) is 15.8 Å². The topological polar surface area (TPSA) is 426 Å². The number of nitrogens with zero attached hydrogens (tertiary/aromatic N) is 8. The summed E-state index contributed by atoms with van der Waals surface area (Å²) in [5.74, 6) is 0.351. The number of hydrogen-bond donors (Lipinski definition) is 3. The molecule has 0 saturated carbocycles. The maximum absolute atomic E-state index is 12.4. The van der Waals surface area contributed by atoms with Gasteiger partial charge >= 0.3 is 100 Å². The second-order valence-electron chi connectivity index (χ2n) is 27.6. The molecule has 132 heavy (non-hydrogen) atoms. The average molecular weight is 2070 g/mol. The number of anilines is 3. The quantitative estimate of drug-likeness (QED) is 0.0246. The summed E-state index contributed by atoms with van der Waals surface area (Å²) >= 11 is 22.9. The number of aliphatic carboxylic acids is 2. The fourth-order valence-electron chi connectivity index (χ4n) is 13.3. The standard InChI is InChI=1S/C25H24ClN3O.C22H22ClN3O3.C18H18ClN3O.C18H15O9PS3.C4H5ClO2.2C2H4O2.3Na.Pd/c1-30-23-11-12-24(21(15-23)16-27)29-14-13-28(17-19-5-3-2-4-6-19)18-25(29)20-7-9-22(26)10-8-20;1-3-12-29-22(27)25-10-11-26(20-9-8-19(28-2)13-17(20)14-24)21(15-25)16-4-6-18(23)7-5-16;1-23-16-6-7-17(14(10-16)11-20)22-9-8-21-12-18(22)13-2-4-15(19)5-3-13;19-29(20,21)16-7-1-4-13(10-16)28(14-5-2-8-17(11-14)30(22,23)24)15-6-3-9-18(12-15)31(25,26)27;1-2-3-7-4(5)6;2*1-2(3)4;;;;/h2-12,15,25H,13-14,17-18H2,1H3;3-9,13,21H,1,10-12,15H2,2H3;2-7,10,18,21H,8-9,12H2,1H3;1-12H,(H,19,20,21)(H,22,23,24)(H,25,26,27);2H,1,3H2;2*1H3,(H,3,4);;;;/q;;;;;;;3*+1;/p-3/t25-;21-;18-;;;;;;;;/m000......../s1. The van der Waals surface area contributed by atoms with Crippen LogP contribution >= 0.6 is 54.3 Å². The normalized spacial score (nSPS) is 14.2. The first-order valence-electron chi connectivity index (χ1n) is 38.6. The van der Waals surface area contributed by atoms with Crippen molar-refractivity contribution in [1.82, 2.24) is 15.1 Å². The molecule has 10 aromatic rings. The summed E-state index contributed by atoms with van der Waals surface area (Å²) in [5.41, 5.74) is 8.34. The molecule has 13 rings (SSSR count). The van der Waals surface area contributed by atoms with Gasteiger partial charge in [-0.05, 0) is 173 Å². The van der Waals surface area contributed by atoms with Crippen molar-refractivity contribution < 1.29 is 201 Å². The summed E-state index contributed by atoms with van der Waals surface area (Å²) in [5, 5.41) is 50.0. The maximum Gasteiger partial charge on any atom is 1.00 e. The summed E-state index contributed by atoms with van der Waals surface area (Å²) < 4.78 is 128. The Bertz CT molecular complexity index is 5790. The van der Waals surface area contributed by atoms with Crippen molar-refractivity contribution in [3.05, 3.63) is 310 Å². The van der Waals surface area contributed by atoms with E-state index in [4.69, 9.17) is 85.2 Å². The van der Waals surface area contributed by atoms with Crippen LogP contribution in [0.15, 0.2) is 271 Å². The van der Waals surface area contributed by atoms with Crippen molar-refractivity contribution in [2.24, 2.45) is 0 Å². The zero-order valence-electron chi connectivity index (χ0n) is 73.0. The van der Waals surface area contributed by atoms with E-state index in [0.29, 0.717) is 58.6 Å². The van der Waals surface area contributed by atoms with E-state index in [1.165, 1.54) is 59.2 Å². The molecule has 0 spiro atoms. The van der Waals surface area contributed by atoms with E-state index in [1.54, 1.807) is 44.4 Å². The number of halogens is 4. The van der Waals surface area contributed by atoms with Gasteiger partial charge in [-0.3, -0.25) is 14.5 Å². The van der Waals surface area contributed by atoms with Crippen LogP contribution in [0.4, 0.5) is 26.7 Å². The third-order valence-corrected chi connectivity index (χ3v) is 24.7. The molecule has 3 N–H and O–H groups in total. The number of carboxylic acids is 2. The molecule has 3 fully saturated rings. The number of carbonyl (C=O) groups excluding carboxylic acids is 2. The fourth-order valence-corrected chi connectivity index (χ4v) is 18.0. The Morgan fingerprint density at radius 1 is 0.477 bits per heavy atom. The number of methoxy groups -OCH3 is 3. The van der Waals surface area contributed by atoms with Crippen LogP contribution in [0.2, 0.25) is 15.1 Å². The smallest absolute Gasteiger partial charge is 0.744 e. The van der Waals surface area contributed by atoms with Crippen LogP contribution in [0.5, 0.6) is 17.2 Å². The minimum Gasteiger partial charge on any atom is -0.744 e. The van der Waals surface area contributed by atoms with Crippen molar-refractivity contribution in [2.75, 3.05) is 108 Å². The Balaban J connectivity index is 0.000000427. The van der Waals surface area contributed by atoms with E-state index in [1.807, 2.05) is 109 Å². The Hall–Kier alpha value is -8.47. The number of carbonyl (C=O) groups is 4. The van der Waals surface area contributed by atoms with Crippen molar-refractivity contribution in [1.29, 1.82) is 15.8 Å². The summed E-state index contributed by atoms with van der Waals surface area (Å²) in [6, 6.07) is 72.7. The molecule has 3 saturated heterocycles. The molecule has 0 bridgehead atoms. The van der Waals surface area contributed by atoms with E-state index in [0.717, 1.165) is 129 Å². The van der Waals surface area contributed by atoms with Gasteiger partial charge in [0.25, 0.3) is 11.9 Å². The molecule has 29 nitrogen and oxygen atoms in total. The van der Waals surface area contributed by atoms with Crippen molar-refractivity contribution in [3.8, 4) is 35.5 Å². The van der Waals surface area contributed by atoms with Gasteiger partial charge in [-0.15, -0.1) is 0 Å². The molecular formula is C91H89Cl4N9Na3O20PPdS3. The molecule has 41 heteroatoms. The molecule has 1 amide bonds. The van der Waals surface area contributed by atoms with Gasteiger partial charge < -0.3 is 72.5 Å². The van der Waals surface area contributed by atoms with Gasteiger partial charge in [-0.1, -0.05) is 163 Å². The summed E-state index contributed by atoms with van der Waals surface area (Å²) in [6.07, 6.45) is 2.61. The van der Waals surface area contributed by atoms with E-state index in [-0.39, 0.29) is 162 Å². The molecule has 0 aromatic heterocycles. The Kier molecular flexibility index (Phi) is 52.4. The molecule has 0 radical (unpaired) electrons. The third-order valence-electron chi connectivity index (χ3n) is 19.0. The minimum absolute atomic E-state index is 0. The second kappa shape index (κ2) is 58.7. The van der Waals surface area contributed by atoms with Gasteiger partial charge in [-0.25, -0.2) is 34.8 Å². The number of hydrogen-bond acceptors (Lipinski definition) is 26. The SMILES string of the molecule is C=CCOC(=O)Cl.C=CCOC(=O)N1CCN(c2ccc(OC)cc2C#N)[C@H](c2ccc(Cl)cc2)C1.CC(=O)O.CC(=O)O.COc1ccc(N2CCN(Cc3ccccc3)C[C@H]2c2ccc(Cl)cc2)c(C#N)c1.COc1ccc(N2CCNC[C@H]2c2ccc(Cl)cc2)c(C#N)c1.O=S(=O)([O-])c1cccc(P(c2cccc(S(=O)(=O)[O-])c2)c2cccc(S(=O)(=O)[O-])c2)c1.[Na+].[Na+].[Na+].[Pd]. The molecule has 3 aliphatic heterocycles. The van der Waals surface area contributed by atoms with E-state index < -0.39 is 70.3 Å². The predicted octanol–water partition coefficient (Wildman–Crippen LogP) is 5.96. The van der Waals surface area contributed by atoms with Gasteiger partial charge in [0.05, 0.1) is 87.9 Å². The Morgan fingerprint density at radius 2 is 0.818 bits per heavy atom. The third kappa shape index (κ3) is 37.3. The fraction of sp³-hybridized carbons (Fsp3) is 0.220. The van der Waals surface area contributed by atoms with Gasteiger partial charge in [0.1, 0.15) is 79.0 Å². The molecule has 682 valence electrons. The number of ether oxygens (including phenoxy) is 5. The average Bonchev–Trinajstić information content (AvgIpc) is 0.800. The number of carboxylic acid groups (broad SMARTS) is 2. The first-order valence-corrected chi connectivity index (χ1v) is 45.7. The van der Waals surface area contributed by atoms with Crippen LogP contribution in [0.25, 0.3) is 0 Å². The van der Waals surface area contributed by atoms with Crippen molar-refractivity contribution in [2.45, 2.75) is 53.2 Å². The van der Waals surface area contributed by atoms with Crippen LogP contribution in [0.1, 0.15) is 70.9 Å². The molecule has 10 aromatic carbocycles. The molecule has 3 atom stereocenters. The summed E-state index contributed by atoms with van der Waals surface area (Å²) in [6.45, 7) is 17.0. The van der Waals surface area contributed by atoms with Crippen LogP contribution < -0.4 is 139 Å². The van der Waals surface area contributed by atoms with Gasteiger partial charge in [0.15, 0.2) is 0 Å². The minimum atomic E-state index is -4.82. The first-order chi connectivity index (χ1) is 61.0. The molecule has 0 aliphatic carbocycles. The van der Waals surface area contributed by atoms with Crippen LogP contribution in [0.3, 0.4) is 0 Å². The van der Waals surface area contributed by atoms with Crippen LogP contribution in [0, 0.1) is 34.0 Å². The van der Waals surface area contributed by atoms with E-state index >= 15 is 0 Å². The molecule has 0 unspecified atom stereocenters. The number of piperazine rings is 3. The van der Waals surface area contributed by atoms with Crippen molar-refractivity contribution in [3.63, 3.8) is 0 Å². The maximum atomic E-state index is 12.4. The number of amides is 1. The summed E-state index contributed by atoms with van der Waals surface area (Å²) in [4.78, 5) is 49.3. The van der Waals surface area contributed by atoms with E-state index in [2.05, 4.69) is 97.4 Å². The first kappa shape index (κ1) is 118. The van der Waals surface area contributed by atoms with Crippen LogP contribution in [-0.2, 0) is 76.4 Å². The van der Waals surface area contributed by atoms with E-state index in [9.17, 15) is 64.3 Å². The van der Waals surface area contributed by atoms with Gasteiger partial charge in [0, 0.05) is 126 Å². The molecule has 3 aliphatic rings. The van der Waals surface area contributed by atoms with Crippen LogP contribution in [-0.4, -0.2) is 176 Å². The number of nitriles is 3. The predicted molar refractivity (Wildman–Crippen MR) is 489 cm³/mol. The number of nitrogens with one attached hydrogen (secondary N) is 1. The van der Waals surface area contributed by atoms with Crippen molar-refractivity contribution >= 4 is 141 Å². The largest absolute Gasteiger partial charge is 1.00 e. The zero-order chi connectivity index (χ0) is 93.8. The Labute approximate surface area is 870 Å². The van der Waals surface area contributed by atoms with Gasteiger partial charge in [0.2, 0.25) is 0 Å². The monoisotopic (exact) mass is 2070 g/mol. The summed E-state index contributed by atoms with van der Waals surface area (Å²) in [7, 11) is -11.5. The Morgan fingerprint density at radius 3 is 1.15 bits per heavy atom. The number of rotatable bonds is 21.